The van der Waals surface area contributed by atoms with Crippen LogP contribution in [0.4, 0.5) is 0 Å². The summed E-state index contributed by atoms with van der Waals surface area (Å²) < 4.78 is 5.76. The SMILES string of the molecule is CC(C)Oc1ccccc1-c1cc(C=O)cs1. The molecule has 2 aromatic rings. The van der Waals surface area contributed by atoms with Crippen LogP contribution in [0.5, 0.6) is 5.75 Å². The highest BCUT2D eigenvalue weighted by Gasteiger charge is 2.09. The summed E-state index contributed by atoms with van der Waals surface area (Å²) in [6, 6.07) is 9.78. The highest BCUT2D eigenvalue weighted by atomic mass is 32.1. The summed E-state index contributed by atoms with van der Waals surface area (Å²) >= 11 is 1.56. The van der Waals surface area contributed by atoms with Crippen LogP contribution in [0.1, 0.15) is 24.2 Å². The Morgan fingerprint density at radius 1 is 1.29 bits per heavy atom. The molecule has 0 aliphatic carbocycles. The van der Waals surface area contributed by atoms with Crippen LogP contribution in [0.3, 0.4) is 0 Å². The van der Waals surface area contributed by atoms with Gasteiger partial charge >= 0.3 is 0 Å². The molecule has 1 heterocycles. The second-order valence-corrected chi connectivity index (χ2v) is 4.94. The van der Waals surface area contributed by atoms with Gasteiger partial charge in [-0.15, -0.1) is 11.3 Å². The van der Waals surface area contributed by atoms with Crippen molar-refractivity contribution in [3.63, 3.8) is 0 Å². The molecule has 0 saturated carbocycles. The highest BCUT2D eigenvalue weighted by molar-refractivity contribution is 7.13. The van der Waals surface area contributed by atoms with Crippen LogP contribution < -0.4 is 4.74 Å². The van der Waals surface area contributed by atoms with Crippen LogP contribution >= 0.6 is 11.3 Å². The number of aldehydes is 1. The molecule has 0 atom stereocenters. The highest BCUT2D eigenvalue weighted by Crippen LogP contribution is 2.34. The smallest absolute Gasteiger partial charge is 0.150 e. The molecule has 3 heteroatoms. The van der Waals surface area contributed by atoms with E-state index in [0.29, 0.717) is 5.56 Å². The topological polar surface area (TPSA) is 26.3 Å². The summed E-state index contributed by atoms with van der Waals surface area (Å²) in [5.41, 5.74) is 1.75. The molecular formula is C14H14O2S. The molecule has 0 aliphatic rings. The fourth-order valence-electron chi connectivity index (χ4n) is 1.58. The van der Waals surface area contributed by atoms with Gasteiger partial charge in [0.25, 0.3) is 0 Å². The maximum Gasteiger partial charge on any atom is 0.150 e. The number of carbonyl (C=O) groups is 1. The van der Waals surface area contributed by atoms with Crippen molar-refractivity contribution in [1.29, 1.82) is 0 Å². The van der Waals surface area contributed by atoms with Crippen molar-refractivity contribution >= 4 is 17.6 Å². The van der Waals surface area contributed by atoms with Gasteiger partial charge in [-0.05, 0) is 32.0 Å². The third-order valence-corrected chi connectivity index (χ3v) is 3.25. The third-order valence-electron chi connectivity index (χ3n) is 2.27. The lowest BCUT2D eigenvalue weighted by molar-refractivity contribution is 0.112. The molecule has 0 amide bonds. The van der Waals surface area contributed by atoms with Gasteiger partial charge in [-0.3, -0.25) is 4.79 Å². The van der Waals surface area contributed by atoms with Gasteiger partial charge in [-0.1, -0.05) is 12.1 Å². The molecule has 2 rings (SSSR count). The van der Waals surface area contributed by atoms with E-state index in [9.17, 15) is 4.79 Å². The molecule has 0 fully saturated rings. The summed E-state index contributed by atoms with van der Waals surface area (Å²) in [5, 5.41) is 1.86. The zero-order valence-electron chi connectivity index (χ0n) is 9.84. The number of thiophene rings is 1. The van der Waals surface area contributed by atoms with Gasteiger partial charge < -0.3 is 4.74 Å². The lowest BCUT2D eigenvalue weighted by atomic mass is 10.1. The monoisotopic (exact) mass is 246 g/mol. The van der Waals surface area contributed by atoms with E-state index in [2.05, 4.69) is 0 Å². The zero-order valence-corrected chi connectivity index (χ0v) is 10.7. The molecule has 2 nitrogen and oxygen atoms in total. The van der Waals surface area contributed by atoms with Crippen molar-refractivity contribution in [3.05, 3.63) is 41.3 Å². The Balaban J connectivity index is 2.40. The molecule has 0 saturated heterocycles. The average Bonchev–Trinajstić information content (AvgIpc) is 2.77. The Bertz CT molecular complexity index is 514. The molecule has 0 N–H and O–H groups in total. The van der Waals surface area contributed by atoms with E-state index in [1.165, 1.54) is 0 Å². The number of hydrogen-bond donors (Lipinski definition) is 0. The first-order valence-corrected chi connectivity index (χ1v) is 6.38. The van der Waals surface area contributed by atoms with E-state index in [4.69, 9.17) is 4.74 Å². The van der Waals surface area contributed by atoms with Gasteiger partial charge in [0.15, 0.2) is 6.29 Å². The largest absolute Gasteiger partial charge is 0.490 e. The van der Waals surface area contributed by atoms with Crippen LogP contribution in [0.25, 0.3) is 10.4 Å². The Morgan fingerprint density at radius 2 is 2.06 bits per heavy atom. The number of hydrogen-bond acceptors (Lipinski definition) is 3. The fraction of sp³-hybridized carbons (Fsp3) is 0.214. The van der Waals surface area contributed by atoms with E-state index < -0.39 is 0 Å². The van der Waals surface area contributed by atoms with Crippen LogP contribution in [0.2, 0.25) is 0 Å². The van der Waals surface area contributed by atoms with E-state index in [1.54, 1.807) is 11.3 Å². The summed E-state index contributed by atoms with van der Waals surface area (Å²) in [5.74, 6) is 0.863. The predicted molar refractivity (Wildman–Crippen MR) is 70.9 cm³/mol. The van der Waals surface area contributed by atoms with Gasteiger partial charge in [-0.2, -0.15) is 0 Å². The molecule has 0 unspecified atom stereocenters. The molecule has 1 aromatic carbocycles. The maximum atomic E-state index is 10.7. The second-order valence-electron chi connectivity index (χ2n) is 4.02. The minimum absolute atomic E-state index is 0.140. The normalized spacial score (nSPS) is 10.5. The van der Waals surface area contributed by atoms with E-state index in [1.807, 2.05) is 49.6 Å². The number of rotatable bonds is 4. The maximum absolute atomic E-state index is 10.7. The molecule has 1 aromatic heterocycles. The van der Waals surface area contributed by atoms with Crippen LogP contribution in [0, 0.1) is 0 Å². The molecule has 0 aliphatic heterocycles. The lowest BCUT2D eigenvalue weighted by Gasteiger charge is -2.13. The average molecular weight is 246 g/mol. The number of para-hydroxylation sites is 1. The fourth-order valence-corrected chi connectivity index (χ4v) is 2.47. The Hall–Kier alpha value is -1.61. The second kappa shape index (κ2) is 5.15. The van der Waals surface area contributed by atoms with E-state index in [-0.39, 0.29) is 6.10 Å². The van der Waals surface area contributed by atoms with E-state index >= 15 is 0 Å². The van der Waals surface area contributed by atoms with Crippen molar-refractivity contribution in [2.45, 2.75) is 20.0 Å². The van der Waals surface area contributed by atoms with Gasteiger partial charge in [0.05, 0.1) is 6.10 Å². The van der Waals surface area contributed by atoms with Gasteiger partial charge in [0.1, 0.15) is 5.75 Å². The summed E-state index contributed by atoms with van der Waals surface area (Å²) in [4.78, 5) is 11.7. The standard InChI is InChI=1S/C14H14O2S/c1-10(2)16-13-6-4-3-5-12(13)14-7-11(8-15)9-17-14/h3-10H,1-2H3. The minimum Gasteiger partial charge on any atom is -0.490 e. The summed E-state index contributed by atoms with van der Waals surface area (Å²) in [6.07, 6.45) is 1.01. The minimum atomic E-state index is 0.140. The number of carbonyl (C=O) groups excluding carboxylic acids is 1. The zero-order chi connectivity index (χ0) is 12.3. The molecule has 17 heavy (non-hydrogen) atoms. The predicted octanol–water partition coefficient (Wildman–Crippen LogP) is 4.01. The lowest BCUT2D eigenvalue weighted by Crippen LogP contribution is -2.06. The molecule has 88 valence electrons. The number of ether oxygens (including phenoxy) is 1. The van der Waals surface area contributed by atoms with E-state index in [0.717, 1.165) is 22.5 Å². The summed E-state index contributed by atoms with van der Waals surface area (Å²) in [7, 11) is 0. The molecular weight excluding hydrogens is 232 g/mol. The van der Waals surface area contributed by atoms with Crippen molar-refractivity contribution in [2.24, 2.45) is 0 Å². The van der Waals surface area contributed by atoms with Crippen molar-refractivity contribution in [3.8, 4) is 16.2 Å². The molecule has 0 bridgehead atoms. The van der Waals surface area contributed by atoms with Crippen LogP contribution in [0.15, 0.2) is 35.7 Å². The Morgan fingerprint density at radius 3 is 2.71 bits per heavy atom. The van der Waals surface area contributed by atoms with Crippen LogP contribution in [-0.2, 0) is 0 Å². The van der Waals surface area contributed by atoms with Gasteiger partial charge in [-0.25, -0.2) is 0 Å². The van der Waals surface area contributed by atoms with Crippen molar-refractivity contribution in [1.82, 2.24) is 0 Å². The van der Waals surface area contributed by atoms with Gasteiger partial charge in [0.2, 0.25) is 0 Å². The van der Waals surface area contributed by atoms with Crippen molar-refractivity contribution in [2.75, 3.05) is 0 Å². The number of benzene rings is 1. The van der Waals surface area contributed by atoms with Crippen molar-refractivity contribution < 1.29 is 9.53 Å². The quantitative estimate of drug-likeness (QED) is 0.762. The third kappa shape index (κ3) is 2.74. The van der Waals surface area contributed by atoms with Crippen LogP contribution in [-0.4, -0.2) is 12.4 Å². The Kier molecular flexibility index (Phi) is 3.59. The summed E-state index contributed by atoms with van der Waals surface area (Å²) in [6.45, 7) is 4.00. The molecule has 0 radical (unpaired) electrons. The first-order valence-electron chi connectivity index (χ1n) is 5.50. The first-order chi connectivity index (χ1) is 8.20. The Labute approximate surface area is 105 Å². The van der Waals surface area contributed by atoms with Gasteiger partial charge in [0, 0.05) is 21.4 Å². The molecule has 0 spiro atoms. The first kappa shape index (κ1) is 11.9.